The van der Waals surface area contributed by atoms with Crippen LogP contribution >= 0.6 is 0 Å². The van der Waals surface area contributed by atoms with Gasteiger partial charge in [-0.1, -0.05) is 36.4 Å². The topological polar surface area (TPSA) is 188 Å². The van der Waals surface area contributed by atoms with Gasteiger partial charge in [0.05, 0.1) is 0 Å². The third kappa shape index (κ3) is 9.96. The fraction of sp³-hybridized carbons (Fsp3) is 0.342. The number of amides is 5. The first-order chi connectivity index (χ1) is 25.5. The van der Waals surface area contributed by atoms with Gasteiger partial charge in [0.1, 0.15) is 23.3 Å². The summed E-state index contributed by atoms with van der Waals surface area (Å²) in [6, 6.07) is 20.6. The number of hydrogen-bond donors (Lipinski definition) is 2. The first kappa shape index (κ1) is 38.0. The monoisotopic (exact) mass is 720 g/mol. The number of benzene rings is 2. The molecule has 2 saturated heterocycles. The lowest BCUT2D eigenvalue weighted by Gasteiger charge is -2.28. The SMILES string of the molecule is CC(=O)Nc1cc(N2CCCCC2)nc(N(C(C)=O)C(C)=O)n1.Nc1cc(N2CCCCC2)nc(N(C(=O)c2ccccc2)C(=O)c2ccccc2)n1. The van der Waals surface area contributed by atoms with Crippen LogP contribution in [0.4, 0.5) is 35.2 Å². The van der Waals surface area contributed by atoms with Crippen LogP contribution in [0.5, 0.6) is 0 Å². The number of aromatic nitrogens is 4. The van der Waals surface area contributed by atoms with E-state index in [4.69, 9.17) is 5.73 Å². The molecule has 3 N–H and O–H groups in total. The largest absolute Gasteiger partial charge is 0.383 e. The van der Waals surface area contributed by atoms with Crippen LogP contribution in [-0.4, -0.2) is 75.7 Å². The summed E-state index contributed by atoms with van der Waals surface area (Å²) in [5, 5.41) is 2.59. The molecule has 2 aliphatic heterocycles. The fourth-order valence-electron chi connectivity index (χ4n) is 6.07. The molecule has 6 rings (SSSR count). The van der Waals surface area contributed by atoms with E-state index in [2.05, 4.69) is 35.1 Å². The molecule has 0 aliphatic carbocycles. The van der Waals surface area contributed by atoms with Gasteiger partial charge in [0.15, 0.2) is 0 Å². The van der Waals surface area contributed by atoms with Crippen molar-refractivity contribution in [3.8, 4) is 0 Å². The summed E-state index contributed by atoms with van der Waals surface area (Å²) in [5.41, 5.74) is 6.79. The van der Waals surface area contributed by atoms with Gasteiger partial charge in [0.25, 0.3) is 11.8 Å². The number of nitrogens with two attached hydrogens (primary N) is 1. The predicted molar refractivity (Wildman–Crippen MR) is 203 cm³/mol. The Morgan fingerprint density at radius 1 is 0.585 bits per heavy atom. The molecular formula is C38H44N10O5. The summed E-state index contributed by atoms with van der Waals surface area (Å²) < 4.78 is 0. The maximum absolute atomic E-state index is 13.3. The molecule has 2 aromatic heterocycles. The Labute approximate surface area is 308 Å². The minimum atomic E-state index is -0.500. The molecule has 15 heteroatoms. The Morgan fingerprint density at radius 2 is 1.02 bits per heavy atom. The van der Waals surface area contributed by atoms with Gasteiger partial charge in [-0.3, -0.25) is 24.0 Å². The summed E-state index contributed by atoms with van der Waals surface area (Å²) in [6.45, 7) is 7.32. The highest BCUT2D eigenvalue weighted by Gasteiger charge is 2.30. The van der Waals surface area contributed by atoms with Crippen LogP contribution in [0.15, 0.2) is 72.8 Å². The van der Waals surface area contributed by atoms with E-state index in [9.17, 15) is 24.0 Å². The minimum Gasteiger partial charge on any atom is -0.383 e. The molecule has 5 amide bonds. The highest BCUT2D eigenvalue weighted by atomic mass is 16.2. The average Bonchev–Trinajstić information content (AvgIpc) is 3.15. The molecule has 0 bridgehead atoms. The van der Waals surface area contributed by atoms with Gasteiger partial charge in [-0.2, -0.15) is 19.9 Å². The normalized spacial score (nSPS) is 13.9. The summed E-state index contributed by atoms with van der Waals surface area (Å²) in [7, 11) is 0. The zero-order valence-corrected chi connectivity index (χ0v) is 30.2. The molecule has 2 fully saturated rings. The maximum Gasteiger partial charge on any atom is 0.267 e. The number of rotatable bonds is 7. The van der Waals surface area contributed by atoms with E-state index < -0.39 is 23.6 Å². The van der Waals surface area contributed by atoms with Crippen molar-refractivity contribution in [1.29, 1.82) is 0 Å². The van der Waals surface area contributed by atoms with Crippen LogP contribution in [0.2, 0.25) is 0 Å². The van der Waals surface area contributed by atoms with Crippen LogP contribution in [0.1, 0.15) is 80.0 Å². The second kappa shape index (κ2) is 17.8. The first-order valence-corrected chi connectivity index (χ1v) is 17.6. The third-order valence-corrected chi connectivity index (χ3v) is 8.56. The molecule has 2 aromatic carbocycles. The number of carbonyl (C=O) groups is 5. The van der Waals surface area contributed by atoms with E-state index >= 15 is 0 Å². The summed E-state index contributed by atoms with van der Waals surface area (Å²) >= 11 is 0. The van der Waals surface area contributed by atoms with Crippen LogP contribution in [-0.2, 0) is 14.4 Å². The average molecular weight is 721 g/mol. The molecule has 0 atom stereocenters. The zero-order valence-electron chi connectivity index (χ0n) is 30.2. The second-order valence-electron chi connectivity index (χ2n) is 12.7. The van der Waals surface area contributed by atoms with Crippen molar-refractivity contribution >= 4 is 64.7 Å². The number of carbonyl (C=O) groups excluding carboxylic acids is 5. The number of piperidine rings is 2. The maximum atomic E-state index is 13.3. The number of nitrogen functional groups attached to an aromatic ring is 1. The van der Waals surface area contributed by atoms with E-state index in [1.807, 2.05) is 12.1 Å². The molecule has 2 aliphatic rings. The van der Waals surface area contributed by atoms with Crippen molar-refractivity contribution in [3.63, 3.8) is 0 Å². The summed E-state index contributed by atoms with van der Waals surface area (Å²) in [4.78, 5) is 84.8. The fourth-order valence-corrected chi connectivity index (χ4v) is 6.07. The summed E-state index contributed by atoms with van der Waals surface area (Å²) in [5.74, 6) is -0.535. The highest BCUT2D eigenvalue weighted by Crippen LogP contribution is 2.26. The molecule has 53 heavy (non-hydrogen) atoms. The predicted octanol–water partition coefficient (Wildman–Crippen LogP) is 4.86. The lowest BCUT2D eigenvalue weighted by Crippen LogP contribution is -2.39. The van der Waals surface area contributed by atoms with Gasteiger partial charge in [-0.15, -0.1) is 0 Å². The number of nitrogens with zero attached hydrogens (tertiary/aromatic N) is 8. The molecule has 0 radical (unpaired) electrons. The number of anilines is 6. The van der Waals surface area contributed by atoms with Crippen molar-refractivity contribution in [2.75, 3.05) is 56.8 Å². The Balaban J connectivity index is 0.000000212. The number of nitrogens with one attached hydrogen (secondary N) is 1. The zero-order chi connectivity index (χ0) is 37.9. The highest BCUT2D eigenvalue weighted by molar-refractivity contribution is 6.25. The molecule has 0 unspecified atom stereocenters. The molecule has 4 aromatic rings. The van der Waals surface area contributed by atoms with Gasteiger partial charge in [0.2, 0.25) is 29.6 Å². The van der Waals surface area contributed by atoms with Gasteiger partial charge < -0.3 is 20.9 Å². The van der Waals surface area contributed by atoms with Crippen molar-refractivity contribution in [2.24, 2.45) is 0 Å². The van der Waals surface area contributed by atoms with Gasteiger partial charge >= 0.3 is 0 Å². The first-order valence-electron chi connectivity index (χ1n) is 17.6. The minimum absolute atomic E-state index is 0.0155. The Kier molecular flexibility index (Phi) is 12.8. The smallest absolute Gasteiger partial charge is 0.267 e. The third-order valence-electron chi connectivity index (χ3n) is 8.56. The van der Waals surface area contributed by atoms with Gasteiger partial charge in [-0.25, -0.2) is 9.80 Å². The lowest BCUT2D eigenvalue weighted by molar-refractivity contribution is -0.124. The molecule has 0 spiro atoms. The molecular weight excluding hydrogens is 676 g/mol. The molecule has 276 valence electrons. The van der Waals surface area contributed by atoms with Crippen molar-refractivity contribution in [1.82, 2.24) is 19.9 Å². The lowest BCUT2D eigenvalue weighted by atomic mass is 10.1. The number of hydrogen-bond acceptors (Lipinski definition) is 12. The van der Waals surface area contributed by atoms with Crippen molar-refractivity contribution < 1.29 is 24.0 Å². The van der Waals surface area contributed by atoms with Crippen molar-refractivity contribution in [2.45, 2.75) is 59.3 Å². The standard InChI is InChI=1S/C23H23N5O2.C15H21N5O3/c24-19-16-20(27-14-8-3-9-15-27)26-23(25-19)28(21(29)17-10-4-1-5-11-17)22(30)18-12-6-2-7-13-18;1-10(21)16-13-9-14(19-7-5-4-6-8-19)18-15(17-13)20(11(2)22)12(3)23/h1-2,4-7,10-13,16H,3,8-9,14-15H2,(H2,24,25,26);9H,4-8H2,1-3H3,(H,16,17,18,21). The van der Waals surface area contributed by atoms with Crippen LogP contribution < -0.4 is 30.7 Å². The summed E-state index contributed by atoms with van der Waals surface area (Å²) in [6.07, 6.45) is 6.58. The Bertz CT molecular complexity index is 1870. The van der Waals surface area contributed by atoms with Gasteiger partial charge in [-0.05, 0) is 62.8 Å². The van der Waals surface area contributed by atoms with E-state index in [0.29, 0.717) is 22.8 Å². The van der Waals surface area contributed by atoms with E-state index in [1.54, 1.807) is 60.7 Å². The quantitative estimate of drug-likeness (QED) is 0.247. The van der Waals surface area contributed by atoms with Crippen LogP contribution in [0.25, 0.3) is 0 Å². The molecule has 0 saturated carbocycles. The molecule has 15 nitrogen and oxygen atoms in total. The number of imide groups is 2. The second-order valence-corrected chi connectivity index (χ2v) is 12.7. The molecule has 4 heterocycles. The van der Waals surface area contributed by atoms with E-state index in [-0.39, 0.29) is 29.4 Å². The van der Waals surface area contributed by atoms with Gasteiger partial charge in [0, 0.05) is 70.2 Å². The Hall–Kier alpha value is -6.25. The van der Waals surface area contributed by atoms with Crippen LogP contribution in [0, 0.1) is 0 Å². The van der Waals surface area contributed by atoms with Crippen molar-refractivity contribution in [3.05, 3.63) is 83.9 Å². The van der Waals surface area contributed by atoms with Crippen LogP contribution in [0.3, 0.4) is 0 Å². The Morgan fingerprint density at radius 3 is 1.45 bits per heavy atom. The van der Waals surface area contributed by atoms with E-state index in [1.165, 1.54) is 33.6 Å². The van der Waals surface area contributed by atoms with E-state index in [0.717, 1.165) is 61.7 Å².